The van der Waals surface area contributed by atoms with Crippen LogP contribution < -0.4 is 22.1 Å². The molecule has 8 heteroatoms. The zero-order valence-corrected chi connectivity index (χ0v) is 21.2. The molecule has 0 aromatic heterocycles. The molecule has 0 radical (unpaired) electrons. The maximum Gasteiger partial charge on any atom is 0.322 e. The summed E-state index contributed by atoms with van der Waals surface area (Å²) in [5, 5.41) is 5.77. The number of carbonyl (C=O) groups is 3. The van der Waals surface area contributed by atoms with E-state index in [-0.39, 0.29) is 11.8 Å². The molecule has 6 N–H and O–H groups in total. The van der Waals surface area contributed by atoms with Gasteiger partial charge in [-0.1, -0.05) is 58.3 Å². The largest absolute Gasteiger partial charge is 0.468 e. The van der Waals surface area contributed by atoms with Crippen LogP contribution in [0.2, 0.25) is 0 Å². The Kier molecular flexibility index (Phi) is 21.0. The smallest absolute Gasteiger partial charge is 0.322 e. The Morgan fingerprint density at radius 2 is 1.21 bits per heavy atom. The SMILES string of the molecule is CCCCCCCCCCCC(=O)NCCCC[C@H](N)C(=O)NCCCC[C@H](N)C(=O)OC. The molecule has 0 rings (SSSR count). The molecular weight excluding hydrogens is 420 g/mol. The average Bonchev–Trinajstić information content (AvgIpc) is 2.81. The summed E-state index contributed by atoms with van der Waals surface area (Å²) in [5.41, 5.74) is 11.6. The van der Waals surface area contributed by atoms with Gasteiger partial charge in [0.1, 0.15) is 6.04 Å². The fourth-order valence-corrected chi connectivity index (χ4v) is 3.63. The molecule has 0 aromatic rings. The summed E-state index contributed by atoms with van der Waals surface area (Å²) in [5.74, 6) is -0.464. The Labute approximate surface area is 201 Å². The molecule has 2 atom stereocenters. The maximum atomic E-state index is 12.0. The van der Waals surface area contributed by atoms with Crippen LogP contribution in [0.25, 0.3) is 0 Å². The molecule has 0 spiro atoms. The van der Waals surface area contributed by atoms with Crippen LogP contribution in [-0.4, -0.2) is 50.1 Å². The second-order valence-corrected chi connectivity index (χ2v) is 8.95. The molecule has 8 nitrogen and oxygen atoms in total. The molecule has 0 aromatic carbocycles. The zero-order valence-electron chi connectivity index (χ0n) is 21.2. The monoisotopic (exact) mass is 470 g/mol. The molecule has 0 aliphatic heterocycles. The Balaban J connectivity index is 3.53. The predicted octanol–water partition coefficient (Wildman–Crippen LogP) is 3.31. The van der Waals surface area contributed by atoms with E-state index < -0.39 is 18.1 Å². The van der Waals surface area contributed by atoms with Gasteiger partial charge in [-0.2, -0.15) is 0 Å². The van der Waals surface area contributed by atoms with E-state index in [1.165, 1.54) is 52.1 Å². The highest BCUT2D eigenvalue weighted by Crippen LogP contribution is 2.10. The number of hydrogen-bond acceptors (Lipinski definition) is 6. The fraction of sp³-hybridized carbons (Fsp3) is 0.880. The summed E-state index contributed by atoms with van der Waals surface area (Å²) in [4.78, 5) is 35.1. The number of hydrogen-bond donors (Lipinski definition) is 4. The number of esters is 1. The Morgan fingerprint density at radius 1 is 0.697 bits per heavy atom. The van der Waals surface area contributed by atoms with Crippen molar-refractivity contribution in [3.63, 3.8) is 0 Å². The molecule has 0 heterocycles. The molecule has 0 unspecified atom stereocenters. The Bertz CT molecular complexity index is 517. The lowest BCUT2D eigenvalue weighted by Gasteiger charge is -2.13. The third-order valence-corrected chi connectivity index (χ3v) is 5.85. The standard InChI is InChI=1S/C25H50N4O4/c1-3-4-5-6-7-8-9-10-11-18-23(30)28-19-14-12-16-21(26)24(31)29-20-15-13-17-22(27)25(32)33-2/h21-22H,3-20,26-27H2,1-2H3,(H,28,30)(H,29,31)/t21-,22-/m0/s1. The summed E-state index contributed by atoms with van der Waals surface area (Å²) in [6.45, 7) is 3.37. The first-order valence-electron chi connectivity index (χ1n) is 13.1. The highest BCUT2D eigenvalue weighted by atomic mass is 16.5. The summed E-state index contributed by atoms with van der Waals surface area (Å²) >= 11 is 0. The van der Waals surface area contributed by atoms with E-state index >= 15 is 0 Å². The highest BCUT2D eigenvalue weighted by Gasteiger charge is 2.14. The van der Waals surface area contributed by atoms with Crippen LogP contribution in [-0.2, 0) is 19.1 Å². The van der Waals surface area contributed by atoms with E-state index in [0.717, 1.165) is 38.5 Å². The minimum Gasteiger partial charge on any atom is -0.468 e. The molecule has 194 valence electrons. The van der Waals surface area contributed by atoms with Gasteiger partial charge in [-0.25, -0.2) is 0 Å². The average molecular weight is 471 g/mol. The minimum atomic E-state index is -0.612. The Morgan fingerprint density at radius 3 is 1.79 bits per heavy atom. The van der Waals surface area contributed by atoms with Crippen molar-refractivity contribution in [1.82, 2.24) is 10.6 Å². The number of methoxy groups -OCH3 is 1. The molecule has 33 heavy (non-hydrogen) atoms. The summed E-state index contributed by atoms with van der Waals surface area (Å²) in [7, 11) is 1.32. The van der Waals surface area contributed by atoms with Crippen LogP contribution in [0, 0.1) is 0 Å². The molecule has 0 fully saturated rings. The fourth-order valence-electron chi connectivity index (χ4n) is 3.63. The second-order valence-electron chi connectivity index (χ2n) is 8.95. The molecule has 0 bridgehead atoms. The molecule has 0 aliphatic carbocycles. The first-order chi connectivity index (χ1) is 15.9. The van der Waals surface area contributed by atoms with E-state index in [9.17, 15) is 14.4 Å². The summed E-state index contributed by atoms with van der Waals surface area (Å²) < 4.78 is 4.58. The van der Waals surface area contributed by atoms with E-state index in [1.807, 2.05) is 0 Å². The lowest BCUT2D eigenvalue weighted by atomic mass is 10.1. The van der Waals surface area contributed by atoms with Gasteiger partial charge in [0.15, 0.2) is 0 Å². The van der Waals surface area contributed by atoms with Crippen molar-refractivity contribution in [2.45, 2.75) is 122 Å². The van der Waals surface area contributed by atoms with Crippen molar-refractivity contribution >= 4 is 17.8 Å². The molecule has 0 saturated heterocycles. The van der Waals surface area contributed by atoms with Crippen molar-refractivity contribution in [1.29, 1.82) is 0 Å². The highest BCUT2D eigenvalue weighted by molar-refractivity contribution is 5.81. The van der Waals surface area contributed by atoms with Gasteiger partial charge in [0, 0.05) is 19.5 Å². The van der Waals surface area contributed by atoms with Crippen LogP contribution in [0.15, 0.2) is 0 Å². The van der Waals surface area contributed by atoms with Crippen LogP contribution in [0.4, 0.5) is 0 Å². The van der Waals surface area contributed by atoms with E-state index in [2.05, 4.69) is 22.3 Å². The van der Waals surface area contributed by atoms with Gasteiger partial charge in [-0.15, -0.1) is 0 Å². The van der Waals surface area contributed by atoms with Gasteiger partial charge in [-0.3, -0.25) is 14.4 Å². The minimum absolute atomic E-state index is 0.118. The van der Waals surface area contributed by atoms with Crippen molar-refractivity contribution in [2.24, 2.45) is 11.5 Å². The van der Waals surface area contributed by atoms with Gasteiger partial charge >= 0.3 is 5.97 Å². The van der Waals surface area contributed by atoms with Crippen molar-refractivity contribution in [2.75, 3.05) is 20.2 Å². The van der Waals surface area contributed by atoms with E-state index in [4.69, 9.17) is 11.5 Å². The van der Waals surface area contributed by atoms with Gasteiger partial charge in [-0.05, 0) is 44.9 Å². The number of unbranched alkanes of at least 4 members (excludes halogenated alkanes) is 10. The van der Waals surface area contributed by atoms with E-state index in [0.29, 0.717) is 32.4 Å². The Hall–Kier alpha value is -1.67. The first kappa shape index (κ1) is 31.3. The predicted molar refractivity (Wildman–Crippen MR) is 134 cm³/mol. The van der Waals surface area contributed by atoms with Crippen LogP contribution in [0.1, 0.15) is 110 Å². The lowest BCUT2D eigenvalue weighted by molar-refractivity contribution is -0.142. The number of nitrogens with two attached hydrogens (primary N) is 2. The lowest BCUT2D eigenvalue weighted by Crippen LogP contribution is -2.41. The topological polar surface area (TPSA) is 137 Å². The second kappa shape index (κ2) is 22.1. The number of ether oxygens (including phenoxy) is 1. The molecule has 0 saturated carbocycles. The third kappa shape index (κ3) is 19.5. The molecule has 0 aliphatic rings. The number of carbonyl (C=O) groups excluding carboxylic acids is 3. The van der Waals surface area contributed by atoms with Crippen LogP contribution in [0.3, 0.4) is 0 Å². The summed E-state index contributed by atoms with van der Waals surface area (Å²) in [6, 6.07) is -1.15. The zero-order chi connectivity index (χ0) is 24.7. The van der Waals surface area contributed by atoms with Gasteiger partial charge in [0.2, 0.25) is 11.8 Å². The number of amides is 2. The summed E-state index contributed by atoms with van der Waals surface area (Å²) in [6.07, 6.45) is 16.0. The van der Waals surface area contributed by atoms with Gasteiger partial charge in [0.05, 0.1) is 13.2 Å². The van der Waals surface area contributed by atoms with Crippen LogP contribution in [0.5, 0.6) is 0 Å². The van der Waals surface area contributed by atoms with Crippen molar-refractivity contribution in [3.05, 3.63) is 0 Å². The quantitative estimate of drug-likeness (QED) is 0.141. The first-order valence-corrected chi connectivity index (χ1v) is 13.1. The molecular formula is C25H50N4O4. The van der Waals surface area contributed by atoms with Gasteiger partial charge < -0.3 is 26.8 Å². The van der Waals surface area contributed by atoms with E-state index in [1.54, 1.807) is 0 Å². The number of nitrogens with one attached hydrogen (secondary N) is 2. The normalized spacial score (nSPS) is 12.7. The third-order valence-electron chi connectivity index (χ3n) is 5.85. The maximum absolute atomic E-state index is 12.0. The van der Waals surface area contributed by atoms with Crippen molar-refractivity contribution < 1.29 is 19.1 Å². The van der Waals surface area contributed by atoms with Crippen LogP contribution >= 0.6 is 0 Å². The number of rotatable bonds is 22. The van der Waals surface area contributed by atoms with Crippen molar-refractivity contribution in [3.8, 4) is 0 Å². The van der Waals surface area contributed by atoms with Gasteiger partial charge in [0.25, 0.3) is 0 Å². The molecule has 2 amide bonds.